The van der Waals surface area contributed by atoms with Gasteiger partial charge in [-0.1, -0.05) is 12.1 Å². The maximum atomic E-state index is 10.4. The lowest BCUT2D eigenvalue weighted by Crippen LogP contribution is -2.81. The third-order valence-electron chi connectivity index (χ3n) is 4.83. The van der Waals surface area contributed by atoms with E-state index in [-0.39, 0.29) is 6.92 Å². The van der Waals surface area contributed by atoms with Gasteiger partial charge in [0, 0.05) is 45.0 Å². The fraction of sp³-hybridized carbons (Fsp3) is 0.519. The second-order valence-electron chi connectivity index (χ2n) is 7.24. The van der Waals surface area contributed by atoms with Crippen LogP contribution in [0.15, 0.2) is 18.2 Å². The van der Waals surface area contributed by atoms with Crippen molar-refractivity contribution in [3.05, 3.63) is 29.3 Å². The average molecular weight is 498 g/mol. The fourth-order valence-corrected chi connectivity index (χ4v) is 3.52. The van der Waals surface area contributed by atoms with E-state index in [0.717, 1.165) is 25.2 Å². The molecule has 1 aromatic rings. The van der Waals surface area contributed by atoms with E-state index in [9.17, 15) is 18.0 Å². The molecule has 196 valence electrons. The molecule has 5 nitrogen and oxygen atoms in total. The molecule has 2 aliphatic rings. The number of terminal acetylenes is 3. The van der Waals surface area contributed by atoms with E-state index in [1.807, 2.05) is 11.0 Å². The number of likely N-dealkylation sites (tertiary alicyclic amines) is 1. The largest absolute Gasteiger partial charge is 0.496 e. The minimum atomic E-state index is -4.00. The van der Waals surface area contributed by atoms with Crippen LogP contribution in [0.5, 0.6) is 5.75 Å². The number of piperidine rings is 1. The summed E-state index contributed by atoms with van der Waals surface area (Å²) in [6.07, 6.45) is 25.9. The second-order valence-corrected chi connectivity index (χ2v) is 7.24. The number of rotatable bonds is 5. The molecule has 8 heteroatoms. The molecular weight excluding hydrogens is 457 g/mol. The van der Waals surface area contributed by atoms with Crippen molar-refractivity contribution in [1.82, 2.24) is 4.90 Å². The molecular formula is C27H40F3N2O3+. The first-order valence-corrected chi connectivity index (χ1v) is 11.0. The summed E-state index contributed by atoms with van der Waals surface area (Å²) in [6, 6.07) is 6.29. The fourth-order valence-electron chi connectivity index (χ4n) is 3.52. The van der Waals surface area contributed by atoms with Crippen LogP contribution in [0, 0.1) is 38.5 Å². The highest BCUT2D eigenvalue weighted by atomic mass is 19.4. The molecule has 2 fully saturated rings. The van der Waals surface area contributed by atoms with Crippen molar-refractivity contribution in [2.45, 2.75) is 51.3 Å². The summed E-state index contributed by atoms with van der Waals surface area (Å²) in [5, 5.41) is 2.38. The molecule has 2 aliphatic heterocycles. The van der Waals surface area contributed by atoms with Crippen LogP contribution in [-0.4, -0.2) is 57.9 Å². The standard InChI is InChI=1S/C13H19NO2.C6H11NO.C2H3F3.3C2H2/c1-15-9-12-11(10-6-7-14-8-10)4-3-5-13(12)16-2;8-6-7-4-2-1-3-5-7;1-2(3,4)5;3*1-2/h3-5,10,14H,6-9H2,1-2H3;6H,1-5H2;1H3;3*1-2H/p+1/t10-;;;;;/m0...../s1. The number of amides is 1. The maximum absolute atomic E-state index is 10.4. The minimum absolute atomic E-state index is 0.188. The predicted octanol–water partition coefficient (Wildman–Crippen LogP) is 3.84. The first-order valence-electron chi connectivity index (χ1n) is 11.0. The van der Waals surface area contributed by atoms with Gasteiger partial charge in [0.1, 0.15) is 5.75 Å². The van der Waals surface area contributed by atoms with Gasteiger partial charge in [0.25, 0.3) is 0 Å². The Balaban J connectivity index is -0.000000453. The number of halogens is 3. The molecule has 0 saturated carbocycles. The molecule has 2 saturated heterocycles. The summed E-state index contributed by atoms with van der Waals surface area (Å²) in [4.78, 5) is 11.9. The Bertz CT molecular complexity index is 684. The zero-order chi connectivity index (χ0) is 27.7. The SMILES string of the molecule is C#C.C#C.C#C.CC(F)(F)F.COCc1c(OC)cccc1[C@H]1CC[NH2+]C1.O=CN1CCCCC1. The number of ether oxygens (including phenoxy) is 2. The average Bonchev–Trinajstić information content (AvgIpc) is 3.43. The molecule has 35 heavy (non-hydrogen) atoms. The molecule has 0 aromatic heterocycles. The molecule has 0 unspecified atom stereocenters. The van der Waals surface area contributed by atoms with Gasteiger partial charge < -0.3 is 19.7 Å². The second kappa shape index (κ2) is 24.0. The van der Waals surface area contributed by atoms with Crippen LogP contribution < -0.4 is 10.1 Å². The lowest BCUT2D eigenvalue weighted by molar-refractivity contribution is -0.636. The Labute approximate surface area is 209 Å². The summed E-state index contributed by atoms with van der Waals surface area (Å²) in [5.74, 6) is 1.60. The summed E-state index contributed by atoms with van der Waals surface area (Å²) in [6.45, 7) is 5.19. The Hall–Kier alpha value is -3.12. The number of hydrogen-bond donors (Lipinski definition) is 1. The zero-order valence-corrected chi connectivity index (χ0v) is 21.1. The van der Waals surface area contributed by atoms with Gasteiger partial charge >= 0.3 is 6.18 Å². The van der Waals surface area contributed by atoms with Crippen molar-refractivity contribution in [1.29, 1.82) is 0 Å². The summed E-state index contributed by atoms with van der Waals surface area (Å²) < 4.78 is 41.8. The van der Waals surface area contributed by atoms with Gasteiger partial charge in [-0.25, -0.2) is 0 Å². The quantitative estimate of drug-likeness (QED) is 0.497. The normalized spacial score (nSPS) is 15.8. The Kier molecular flexibility index (Phi) is 25.0. The van der Waals surface area contributed by atoms with E-state index in [1.54, 1.807) is 14.2 Å². The van der Waals surface area contributed by atoms with Crippen molar-refractivity contribution >= 4 is 6.41 Å². The minimum Gasteiger partial charge on any atom is -0.496 e. The monoisotopic (exact) mass is 497 g/mol. The summed E-state index contributed by atoms with van der Waals surface area (Å²) in [5.41, 5.74) is 2.61. The third kappa shape index (κ3) is 18.9. The van der Waals surface area contributed by atoms with Crippen LogP contribution >= 0.6 is 0 Å². The molecule has 1 amide bonds. The number of nitrogens with two attached hydrogens (primary N) is 1. The first-order chi connectivity index (χ1) is 16.8. The number of alkyl halides is 3. The van der Waals surface area contributed by atoms with Crippen LogP contribution in [0.4, 0.5) is 13.2 Å². The molecule has 2 N–H and O–H groups in total. The summed E-state index contributed by atoms with van der Waals surface area (Å²) in [7, 11) is 3.45. The Morgan fingerprint density at radius 2 is 1.60 bits per heavy atom. The van der Waals surface area contributed by atoms with Crippen molar-refractivity contribution in [3.8, 4) is 44.3 Å². The van der Waals surface area contributed by atoms with E-state index >= 15 is 0 Å². The van der Waals surface area contributed by atoms with Crippen molar-refractivity contribution in [2.24, 2.45) is 0 Å². The lowest BCUT2D eigenvalue weighted by atomic mass is 9.93. The van der Waals surface area contributed by atoms with E-state index in [4.69, 9.17) is 9.47 Å². The van der Waals surface area contributed by atoms with Crippen LogP contribution in [0.2, 0.25) is 0 Å². The number of nitrogens with zero attached hydrogens (tertiary/aromatic N) is 1. The van der Waals surface area contributed by atoms with Crippen molar-refractivity contribution < 1.29 is 32.8 Å². The highest BCUT2D eigenvalue weighted by Crippen LogP contribution is 2.30. The number of hydrogen-bond acceptors (Lipinski definition) is 3. The van der Waals surface area contributed by atoms with Gasteiger partial charge in [0.15, 0.2) is 0 Å². The Morgan fingerprint density at radius 1 is 1.06 bits per heavy atom. The van der Waals surface area contributed by atoms with E-state index in [2.05, 4.69) is 56.0 Å². The van der Waals surface area contributed by atoms with Crippen LogP contribution in [0.3, 0.4) is 0 Å². The third-order valence-corrected chi connectivity index (χ3v) is 4.83. The topological polar surface area (TPSA) is 55.4 Å². The summed E-state index contributed by atoms with van der Waals surface area (Å²) >= 11 is 0. The number of quaternary nitrogens is 1. The van der Waals surface area contributed by atoms with E-state index < -0.39 is 6.18 Å². The maximum Gasteiger partial charge on any atom is 0.386 e. The molecule has 0 aliphatic carbocycles. The first kappa shape index (κ1) is 36.4. The van der Waals surface area contributed by atoms with Gasteiger partial charge in [-0.05, 0) is 30.9 Å². The van der Waals surface area contributed by atoms with Gasteiger partial charge in [-0.3, -0.25) is 4.79 Å². The van der Waals surface area contributed by atoms with Crippen LogP contribution in [0.25, 0.3) is 0 Å². The smallest absolute Gasteiger partial charge is 0.386 e. The number of carbonyl (C=O) groups excluding carboxylic acids is 1. The number of carbonyl (C=O) groups is 1. The highest BCUT2D eigenvalue weighted by Gasteiger charge is 2.24. The molecule has 0 spiro atoms. The number of methoxy groups -OCH3 is 2. The predicted molar refractivity (Wildman–Crippen MR) is 136 cm³/mol. The molecule has 0 radical (unpaired) electrons. The molecule has 2 heterocycles. The van der Waals surface area contributed by atoms with E-state index in [1.165, 1.54) is 49.9 Å². The van der Waals surface area contributed by atoms with Crippen molar-refractivity contribution in [2.75, 3.05) is 40.4 Å². The van der Waals surface area contributed by atoms with Crippen LogP contribution in [0.1, 0.15) is 49.7 Å². The highest BCUT2D eigenvalue weighted by molar-refractivity contribution is 5.46. The Morgan fingerprint density at radius 3 is 1.97 bits per heavy atom. The molecule has 0 bridgehead atoms. The zero-order valence-electron chi connectivity index (χ0n) is 21.1. The number of benzene rings is 1. The van der Waals surface area contributed by atoms with Gasteiger partial charge in [0.05, 0.1) is 26.8 Å². The van der Waals surface area contributed by atoms with Gasteiger partial charge in [0.2, 0.25) is 6.41 Å². The van der Waals surface area contributed by atoms with Crippen LogP contribution in [-0.2, 0) is 16.1 Å². The lowest BCUT2D eigenvalue weighted by Gasteiger charge is -2.21. The van der Waals surface area contributed by atoms with E-state index in [0.29, 0.717) is 12.5 Å². The molecule has 3 rings (SSSR count). The van der Waals surface area contributed by atoms with Crippen molar-refractivity contribution in [3.63, 3.8) is 0 Å². The molecule has 1 atom stereocenters. The van der Waals surface area contributed by atoms with Gasteiger partial charge in [-0.15, -0.1) is 38.5 Å². The molecule has 1 aromatic carbocycles. The van der Waals surface area contributed by atoms with Gasteiger partial charge in [-0.2, -0.15) is 13.2 Å².